The van der Waals surface area contributed by atoms with Crippen molar-refractivity contribution in [3.8, 4) is 11.1 Å². The Kier molecular flexibility index (Phi) is 5.94. The molecule has 0 heterocycles. The lowest BCUT2D eigenvalue weighted by Gasteiger charge is -1.98. The zero-order valence-corrected chi connectivity index (χ0v) is 12.6. The molecule has 0 saturated heterocycles. The predicted molar refractivity (Wildman–Crippen MR) is 92.3 cm³/mol. The van der Waals surface area contributed by atoms with Crippen LogP contribution in [0.25, 0.3) is 11.1 Å². The summed E-state index contributed by atoms with van der Waals surface area (Å²) in [6.45, 7) is 1.76. The number of hydrogen-bond donors (Lipinski definition) is 1. The molecule has 0 aliphatic carbocycles. The molecule has 110 valence electrons. The Bertz CT molecular complexity index is 654. The van der Waals surface area contributed by atoms with E-state index in [0.717, 1.165) is 5.56 Å². The van der Waals surface area contributed by atoms with Gasteiger partial charge in [0.05, 0.1) is 5.71 Å². The summed E-state index contributed by atoms with van der Waals surface area (Å²) < 4.78 is 0. The molecule has 3 aromatic rings. The van der Waals surface area contributed by atoms with E-state index in [4.69, 9.17) is 5.21 Å². The van der Waals surface area contributed by atoms with E-state index in [-0.39, 0.29) is 0 Å². The van der Waals surface area contributed by atoms with E-state index >= 15 is 0 Å². The van der Waals surface area contributed by atoms with Crippen LogP contribution >= 0.6 is 0 Å². The zero-order chi connectivity index (χ0) is 15.6. The molecule has 0 aliphatic rings. The summed E-state index contributed by atoms with van der Waals surface area (Å²) in [5.41, 5.74) is 4.14. The van der Waals surface area contributed by atoms with E-state index in [1.807, 2.05) is 42.5 Å². The fourth-order valence-corrected chi connectivity index (χ4v) is 2.00. The fraction of sp³-hybridized carbons (Fsp3) is 0.0500. The third kappa shape index (κ3) is 4.60. The molecule has 3 rings (SSSR count). The lowest BCUT2D eigenvalue weighted by atomic mass is 10.1. The summed E-state index contributed by atoms with van der Waals surface area (Å²) in [7, 11) is 0. The van der Waals surface area contributed by atoms with Crippen molar-refractivity contribution in [2.24, 2.45) is 5.16 Å². The molecule has 3 aromatic carbocycles. The number of oxime groups is 1. The molecule has 0 atom stereocenters. The molecule has 1 N–H and O–H groups in total. The Morgan fingerprint density at radius 2 is 1.00 bits per heavy atom. The van der Waals surface area contributed by atoms with Gasteiger partial charge in [-0.15, -0.1) is 0 Å². The van der Waals surface area contributed by atoms with Crippen molar-refractivity contribution in [1.82, 2.24) is 0 Å². The molecule has 0 spiro atoms. The van der Waals surface area contributed by atoms with Gasteiger partial charge in [0.2, 0.25) is 0 Å². The second-order valence-corrected chi connectivity index (χ2v) is 4.78. The third-order valence-corrected chi connectivity index (χ3v) is 3.22. The Morgan fingerprint density at radius 3 is 1.36 bits per heavy atom. The fourth-order valence-electron chi connectivity index (χ4n) is 2.00. The van der Waals surface area contributed by atoms with Crippen LogP contribution in [0, 0.1) is 0 Å². The molecule has 0 aliphatic heterocycles. The van der Waals surface area contributed by atoms with Crippen LogP contribution in [0.15, 0.2) is 96.2 Å². The first-order valence-electron chi connectivity index (χ1n) is 7.16. The van der Waals surface area contributed by atoms with Gasteiger partial charge in [-0.05, 0) is 23.6 Å². The van der Waals surface area contributed by atoms with Gasteiger partial charge in [0.1, 0.15) is 0 Å². The quantitative estimate of drug-likeness (QED) is 0.390. The number of rotatable bonds is 2. The molecule has 0 saturated carbocycles. The minimum Gasteiger partial charge on any atom is -0.411 e. The molecule has 0 unspecified atom stereocenters. The number of nitrogens with zero attached hydrogens (tertiary/aromatic N) is 1. The van der Waals surface area contributed by atoms with Crippen LogP contribution in [0.5, 0.6) is 0 Å². The predicted octanol–water partition coefficient (Wildman–Crippen LogP) is 5.24. The maximum absolute atomic E-state index is 8.38. The SMILES string of the molecule is CC(=NO)c1ccccc1.c1ccc(-c2ccccc2)cc1. The highest BCUT2D eigenvalue weighted by Gasteiger charge is 1.93. The molecule has 22 heavy (non-hydrogen) atoms. The normalized spacial score (nSPS) is 10.5. The van der Waals surface area contributed by atoms with Crippen LogP contribution in [0.4, 0.5) is 0 Å². The van der Waals surface area contributed by atoms with Crippen LogP contribution in [-0.4, -0.2) is 10.9 Å². The highest BCUT2D eigenvalue weighted by molar-refractivity contribution is 5.98. The van der Waals surface area contributed by atoms with Gasteiger partial charge in [-0.2, -0.15) is 0 Å². The maximum Gasteiger partial charge on any atom is 0.0836 e. The van der Waals surface area contributed by atoms with Crippen LogP contribution in [0.2, 0.25) is 0 Å². The molecular formula is C20H19NO. The van der Waals surface area contributed by atoms with Gasteiger partial charge in [0, 0.05) is 0 Å². The Balaban J connectivity index is 0.000000164. The van der Waals surface area contributed by atoms with Crippen molar-refractivity contribution in [3.63, 3.8) is 0 Å². The summed E-state index contributed by atoms with van der Waals surface area (Å²) in [4.78, 5) is 0. The van der Waals surface area contributed by atoms with E-state index in [9.17, 15) is 0 Å². The standard InChI is InChI=1S/C12H10.C8H9NO/c1-3-7-11(8-4-1)12-9-5-2-6-10-12;1-7(9-10)8-5-3-2-4-6-8/h1-10H;2-6,10H,1H3. The van der Waals surface area contributed by atoms with Crippen molar-refractivity contribution >= 4 is 5.71 Å². The molecule has 0 amide bonds. The first kappa shape index (κ1) is 15.5. The van der Waals surface area contributed by atoms with Gasteiger partial charge in [0.15, 0.2) is 0 Å². The average molecular weight is 289 g/mol. The lowest BCUT2D eigenvalue weighted by molar-refractivity contribution is 0.319. The second-order valence-electron chi connectivity index (χ2n) is 4.78. The first-order valence-corrected chi connectivity index (χ1v) is 7.16. The first-order chi connectivity index (χ1) is 10.8. The summed E-state index contributed by atoms with van der Waals surface area (Å²) in [5, 5.41) is 11.5. The van der Waals surface area contributed by atoms with Crippen molar-refractivity contribution in [1.29, 1.82) is 0 Å². The number of hydrogen-bond acceptors (Lipinski definition) is 2. The number of benzene rings is 3. The molecule has 0 bridgehead atoms. The van der Waals surface area contributed by atoms with Gasteiger partial charge >= 0.3 is 0 Å². The van der Waals surface area contributed by atoms with Crippen molar-refractivity contribution in [2.75, 3.05) is 0 Å². The average Bonchev–Trinajstić information content (AvgIpc) is 2.64. The van der Waals surface area contributed by atoms with E-state index in [1.165, 1.54) is 11.1 Å². The van der Waals surface area contributed by atoms with Crippen LogP contribution in [-0.2, 0) is 0 Å². The zero-order valence-electron chi connectivity index (χ0n) is 12.6. The highest BCUT2D eigenvalue weighted by Crippen LogP contribution is 2.17. The monoisotopic (exact) mass is 289 g/mol. The largest absolute Gasteiger partial charge is 0.411 e. The van der Waals surface area contributed by atoms with Gasteiger partial charge in [-0.3, -0.25) is 0 Å². The molecule has 2 heteroatoms. The lowest BCUT2D eigenvalue weighted by Crippen LogP contribution is -1.92. The van der Waals surface area contributed by atoms with Crippen LogP contribution in [0.3, 0.4) is 0 Å². The molecule has 0 fully saturated rings. The van der Waals surface area contributed by atoms with E-state index < -0.39 is 0 Å². The molecule has 2 nitrogen and oxygen atoms in total. The van der Waals surface area contributed by atoms with Gasteiger partial charge < -0.3 is 5.21 Å². The maximum atomic E-state index is 8.38. The van der Waals surface area contributed by atoms with Crippen LogP contribution in [0.1, 0.15) is 12.5 Å². The Hall–Kier alpha value is -2.87. The second kappa shape index (κ2) is 8.42. The third-order valence-electron chi connectivity index (χ3n) is 3.22. The van der Waals surface area contributed by atoms with Crippen molar-refractivity contribution < 1.29 is 5.21 Å². The summed E-state index contributed by atoms with van der Waals surface area (Å²) in [6.07, 6.45) is 0. The highest BCUT2D eigenvalue weighted by atomic mass is 16.4. The van der Waals surface area contributed by atoms with Crippen molar-refractivity contribution in [3.05, 3.63) is 96.6 Å². The summed E-state index contributed by atoms with van der Waals surface area (Å²) >= 11 is 0. The summed E-state index contributed by atoms with van der Waals surface area (Å²) in [6, 6.07) is 30.3. The molecule has 0 radical (unpaired) electrons. The summed E-state index contributed by atoms with van der Waals surface area (Å²) in [5.74, 6) is 0. The van der Waals surface area contributed by atoms with Gasteiger partial charge in [0.25, 0.3) is 0 Å². The Labute approximate surface area is 131 Å². The Morgan fingerprint density at radius 1 is 0.636 bits per heavy atom. The molecule has 0 aromatic heterocycles. The minimum absolute atomic E-state index is 0.639. The minimum atomic E-state index is 0.639. The van der Waals surface area contributed by atoms with Gasteiger partial charge in [-0.25, -0.2) is 0 Å². The van der Waals surface area contributed by atoms with E-state index in [0.29, 0.717) is 5.71 Å². The van der Waals surface area contributed by atoms with E-state index in [2.05, 4.69) is 53.7 Å². The van der Waals surface area contributed by atoms with E-state index in [1.54, 1.807) is 6.92 Å². The topological polar surface area (TPSA) is 32.6 Å². The van der Waals surface area contributed by atoms with Crippen molar-refractivity contribution in [2.45, 2.75) is 6.92 Å². The smallest absolute Gasteiger partial charge is 0.0836 e. The van der Waals surface area contributed by atoms with Crippen LogP contribution < -0.4 is 0 Å². The molecular weight excluding hydrogens is 270 g/mol. The van der Waals surface area contributed by atoms with Gasteiger partial charge in [-0.1, -0.05) is 96.2 Å².